The first kappa shape index (κ1) is 20.5. The van der Waals surface area contributed by atoms with E-state index in [-0.39, 0.29) is 18.3 Å². The van der Waals surface area contributed by atoms with E-state index in [1.165, 1.54) is 21.3 Å². The molecule has 2 aromatic carbocycles. The summed E-state index contributed by atoms with van der Waals surface area (Å²) in [7, 11) is 4.61. The highest BCUT2D eigenvalue weighted by Crippen LogP contribution is 2.38. The third-order valence-electron chi connectivity index (χ3n) is 4.14. The molecule has 3 aromatic rings. The number of hydrogen-bond acceptors (Lipinski definition) is 7. The minimum absolute atomic E-state index is 0.125. The van der Waals surface area contributed by atoms with Crippen molar-refractivity contribution < 1.29 is 23.4 Å². The maximum absolute atomic E-state index is 12.3. The number of benzene rings is 2. The number of hydrogen-bond donors (Lipinski definition) is 1. The summed E-state index contributed by atoms with van der Waals surface area (Å²) in [6, 6.07) is 10.8. The van der Waals surface area contributed by atoms with E-state index >= 15 is 0 Å². The average Bonchev–Trinajstić information content (AvgIpc) is 3.20. The minimum Gasteiger partial charge on any atom is -0.493 e. The van der Waals surface area contributed by atoms with Crippen LogP contribution in [0.2, 0.25) is 5.02 Å². The fourth-order valence-electron chi connectivity index (χ4n) is 2.72. The van der Waals surface area contributed by atoms with Gasteiger partial charge in [-0.05, 0) is 29.3 Å². The number of amides is 1. The van der Waals surface area contributed by atoms with Crippen molar-refractivity contribution in [3.05, 3.63) is 64.3 Å². The largest absolute Gasteiger partial charge is 0.493 e. The van der Waals surface area contributed by atoms with E-state index < -0.39 is 5.91 Å². The number of carbonyl (C=O) groups excluding carboxylic acids is 1. The zero-order valence-corrected chi connectivity index (χ0v) is 16.9. The molecule has 0 aliphatic carbocycles. The van der Waals surface area contributed by atoms with Crippen LogP contribution in [0.3, 0.4) is 0 Å². The number of aromatic nitrogens is 2. The Morgan fingerprint density at radius 3 is 2.38 bits per heavy atom. The summed E-state index contributed by atoms with van der Waals surface area (Å²) < 4.78 is 21.5. The first-order valence-corrected chi connectivity index (χ1v) is 9.06. The third-order valence-corrected chi connectivity index (χ3v) is 4.51. The van der Waals surface area contributed by atoms with Crippen LogP contribution in [0.4, 0.5) is 0 Å². The minimum atomic E-state index is -0.478. The van der Waals surface area contributed by atoms with Crippen molar-refractivity contribution in [2.24, 2.45) is 0 Å². The predicted molar refractivity (Wildman–Crippen MR) is 106 cm³/mol. The molecule has 29 heavy (non-hydrogen) atoms. The Bertz CT molecular complexity index is 980. The molecule has 8 nitrogen and oxygen atoms in total. The molecule has 3 rings (SSSR count). The summed E-state index contributed by atoms with van der Waals surface area (Å²) in [6.07, 6.45) is 0.293. The highest BCUT2D eigenvalue weighted by Gasteiger charge is 2.18. The lowest BCUT2D eigenvalue weighted by Crippen LogP contribution is -2.23. The summed E-state index contributed by atoms with van der Waals surface area (Å²) in [4.78, 5) is 12.3. The molecule has 0 spiro atoms. The molecule has 1 heterocycles. The van der Waals surface area contributed by atoms with Gasteiger partial charge in [-0.3, -0.25) is 4.79 Å². The van der Waals surface area contributed by atoms with E-state index in [2.05, 4.69) is 15.5 Å². The monoisotopic (exact) mass is 417 g/mol. The molecule has 1 aromatic heterocycles. The van der Waals surface area contributed by atoms with Crippen LogP contribution in [0.1, 0.15) is 27.7 Å². The number of halogens is 1. The Hall–Kier alpha value is -3.26. The van der Waals surface area contributed by atoms with Crippen molar-refractivity contribution in [3.63, 3.8) is 0 Å². The highest BCUT2D eigenvalue weighted by atomic mass is 35.5. The van der Waals surface area contributed by atoms with Crippen molar-refractivity contribution in [2.75, 3.05) is 21.3 Å². The molecular formula is C20H20ClN3O5. The molecule has 1 N–H and O–H groups in total. The third kappa shape index (κ3) is 4.78. The van der Waals surface area contributed by atoms with Gasteiger partial charge < -0.3 is 23.9 Å². The second kappa shape index (κ2) is 9.29. The Morgan fingerprint density at radius 1 is 1.07 bits per heavy atom. The van der Waals surface area contributed by atoms with Crippen LogP contribution in [0.5, 0.6) is 17.2 Å². The van der Waals surface area contributed by atoms with Crippen molar-refractivity contribution >= 4 is 17.5 Å². The van der Waals surface area contributed by atoms with E-state index in [1.54, 1.807) is 18.2 Å². The lowest BCUT2D eigenvalue weighted by atomic mass is 10.1. The average molecular weight is 418 g/mol. The Kier molecular flexibility index (Phi) is 6.56. The molecule has 0 saturated heterocycles. The van der Waals surface area contributed by atoms with Gasteiger partial charge in [0.2, 0.25) is 11.6 Å². The molecule has 152 valence electrons. The summed E-state index contributed by atoms with van der Waals surface area (Å²) in [5, 5.41) is 11.0. The van der Waals surface area contributed by atoms with Gasteiger partial charge in [-0.15, -0.1) is 10.2 Å². The smallest absolute Gasteiger partial charge is 0.309 e. The fourth-order valence-corrected chi connectivity index (χ4v) is 2.92. The molecule has 0 aliphatic heterocycles. The summed E-state index contributed by atoms with van der Waals surface area (Å²) >= 11 is 6.09. The van der Waals surface area contributed by atoms with Crippen molar-refractivity contribution in [3.8, 4) is 17.2 Å². The van der Waals surface area contributed by atoms with E-state index in [1.807, 2.05) is 18.2 Å². The van der Waals surface area contributed by atoms with E-state index in [4.69, 9.17) is 30.2 Å². The topological polar surface area (TPSA) is 95.7 Å². The predicted octanol–water partition coefficient (Wildman–Crippen LogP) is 3.27. The number of rotatable bonds is 8. The highest BCUT2D eigenvalue weighted by molar-refractivity contribution is 6.31. The van der Waals surface area contributed by atoms with E-state index in [9.17, 15) is 4.79 Å². The molecule has 0 unspecified atom stereocenters. The van der Waals surface area contributed by atoms with Gasteiger partial charge in [0.25, 0.3) is 0 Å². The van der Waals surface area contributed by atoms with Crippen LogP contribution in [0.25, 0.3) is 0 Å². The number of ether oxygens (including phenoxy) is 3. The quantitative estimate of drug-likeness (QED) is 0.600. The van der Waals surface area contributed by atoms with E-state index in [0.29, 0.717) is 28.7 Å². The number of methoxy groups -OCH3 is 3. The molecule has 0 atom stereocenters. The van der Waals surface area contributed by atoms with Gasteiger partial charge in [-0.1, -0.05) is 29.8 Å². The van der Waals surface area contributed by atoms with Gasteiger partial charge >= 0.3 is 11.8 Å². The lowest BCUT2D eigenvalue weighted by molar-refractivity contribution is 0.0914. The van der Waals surface area contributed by atoms with Gasteiger partial charge in [0.05, 0.1) is 27.8 Å². The van der Waals surface area contributed by atoms with Crippen LogP contribution in [-0.4, -0.2) is 37.4 Å². The van der Waals surface area contributed by atoms with E-state index in [0.717, 1.165) is 11.1 Å². The Balaban J connectivity index is 1.70. The number of nitrogens with one attached hydrogen (secondary N) is 1. The van der Waals surface area contributed by atoms with Crippen LogP contribution in [-0.2, 0) is 13.0 Å². The Morgan fingerprint density at radius 2 is 1.76 bits per heavy atom. The normalized spacial score (nSPS) is 10.5. The first-order valence-electron chi connectivity index (χ1n) is 8.68. The molecule has 0 fully saturated rings. The Labute approximate surface area is 172 Å². The van der Waals surface area contributed by atoms with Crippen molar-refractivity contribution in [1.82, 2.24) is 15.5 Å². The standard InChI is InChI=1S/C20H20ClN3O5/c1-26-15-8-12(9-16(27-2)18(15)28-3)10-17-23-24-20(29-17)19(25)22-11-13-6-4-5-7-14(13)21/h4-9H,10-11H2,1-3H3,(H,22,25). The van der Waals surface area contributed by atoms with Crippen molar-refractivity contribution in [2.45, 2.75) is 13.0 Å². The van der Waals surface area contributed by atoms with Gasteiger partial charge in [0, 0.05) is 11.6 Å². The summed E-state index contributed by atoms with van der Waals surface area (Å²) in [5.74, 6) is 1.19. The maximum atomic E-state index is 12.3. The molecule has 1 amide bonds. The van der Waals surface area contributed by atoms with Gasteiger partial charge in [-0.25, -0.2) is 0 Å². The second-order valence-electron chi connectivity index (χ2n) is 5.99. The van der Waals surface area contributed by atoms with Crippen LogP contribution in [0.15, 0.2) is 40.8 Å². The molecule has 0 saturated carbocycles. The second-order valence-corrected chi connectivity index (χ2v) is 6.39. The maximum Gasteiger partial charge on any atom is 0.309 e. The fraction of sp³-hybridized carbons (Fsp3) is 0.250. The lowest BCUT2D eigenvalue weighted by Gasteiger charge is -2.13. The summed E-state index contributed by atoms with van der Waals surface area (Å²) in [6.45, 7) is 0.253. The zero-order valence-electron chi connectivity index (χ0n) is 16.2. The first-order chi connectivity index (χ1) is 14.0. The van der Waals surface area contributed by atoms with Crippen LogP contribution >= 0.6 is 11.6 Å². The van der Waals surface area contributed by atoms with Gasteiger partial charge in [0.15, 0.2) is 11.5 Å². The van der Waals surface area contributed by atoms with Crippen LogP contribution < -0.4 is 19.5 Å². The van der Waals surface area contributed by atoms with Crippen LogP contribution in [0, 0.1) is 0 Å². The molecule has 0 bridgehead atoms. The molecular weight excluding hydrogens is 398 g/mol. The molecule has 9 heteroatoms. The summed E-state index contributed by atoms with van der Waals surface area (Å²) in [5.41, 5.74) is 1.59. The number of carbonyl (C=O) groups is 1. The van der Waals surface area contributed by atoms with Crippen molar-refractivity contribution in [1.29, 1.82) is 0 Å². The van der Waals surface area contributed by atoms with Gasteiger partial charge in [0.1, 0.15) is 0 Å². The zero-order chi connectivity index (χ0) is 20.8. The number of nitrogens with zero attached hydrogens (tertiary/aromatic N) is 2. The van der Waals surface area contributed by atoms with Gasteiger partial charge in [-0.2, -0.15) is 0 Å². The molecule has 0 aliphatic rings. The molecule has 0 radical (unpaired) electrons. The SMILES string of the molecule is COc1cc(Cc2nnc(C(=O)NCc3ccccc3Cl)o2)cc(OC)c1OC.